The summed E-state index contributed by atoms with van der Waals surface area (Å²) >= 11 is 0. The molecule has 0 saturated carbocycles. The third-order valence-electron chi connectivity index (χ3n) is 3.36. The van der Waals surface area contributed by atoms with Crippen LogP contribution in [-0.2, 0) is 14.4 Å². The fraction of sp³-hybridized carbons (Fsp3) is 0.692. The van der Waals surface area contributed by atoms with Crippen molar-refractivity contribution in [1.82, 2.24) is 15.5 Å². The Labute approximate surface area is 122 Å². The maximum absolute atomic E-state index is 12.1. The molecule has 8 heteroatoms. The van der Waals surface area contributed by atoms with Crippen LogP contribution in [0.2, 0.25) is 0 Å². The molecule has 118 valence electrons. The minimum atomic E-state index is -0.877. The molecule has 0 aromatic rings. The summed E-state index contributed by atoms with van der Waals surface area (Å²) in [6, 6.07) is -1.13. The normalized spacial score (nSPS) is 19.9. The van der Waals surface area contributed by atoms with Crippen molar-refractivity contribution >= 4 is 23.8 Å². The molecule has 21 heavy (non-hydrogen) atoms. The van der Waals surface area contributed by atoms with Gasteiger partial charge in [0.25, 0.3) is 0 Å². The van der Waals surface area contributed by atoms with Crippen molar-refractivity contribution < 1.29 is 24.3 Å². The molecule has 1 aliphatic heterocycles. The van der Waals surface area contributed by atoms with Crippen molar-refractivity contribution in [3.05, 3.63) is 0 Å². The predicted molar refractivity (Wildman–Crippen MR) is 73.4 cm³/mol. The number of aliphatic carboxylic acids is 1. The molecule has 1 heterocycles. The molecule has 1 rings (SSSR count). The molecular formula is C13H21N3O5. The second kappa shape index (κ2) is 7.61. The first-order valence-electron chi connectivity index (χ1n) is 6.95. The third-order valence-corrected chi connectivity index (χ3v) is 3.36. The van der Waals surface area contributed by atoms with Gasteiger partial charge in [-0.1, -0.05) is 13.8 Å². The average Bonchev–Trinajstić information content (AvgIpc) is 2.41. The number of hydrogen-bond donors (Lipinski definition) is 3. The molecule has 0 aromatic heterocycles. The average molecular weight is 299 g/mol. The molecule has 2 unspecified atom stereocenters. The van der Waals surface area contributed by atoms with Crippen molar-refractivity contribution in [2.24, 2.45) is 5.92 Å². The zero-order valence-corrected chi connectivity index (χ0v) is 12.2. The lowest BCUT2D eigenvalue weighted by Gasteiger charge is -2.33. The lowest BCUT2D eigenvalue weighted by Crippen LogP contribution is -2.61. The Bertz CT molecular complexity index is 438. The highest BCUT2D eigenvalue weighted by molar-refractivity contribution is 6.04. The van der Waals surface area contributed by atoms with E-state index in [1.54, 1.807) is 6.92 Å². The van der Waals surface area contributed by atoms with Crippen LogP contribution in [0.1, 0.15) is 33.1 Å². The number of imide groups is 1. The van der Waals surface area contributed by atoms with Gasteiger partial charge in [0, 0.05) is 13.0 Å². The Kier molecular flexibility index (Phi) is 6.13. The molecule has 3 N–H and O–H groups in total. The Morgan fingerprint density at radius 3 is 2.71 bits per heavy atom. The van der Waals surface area contributed by atoms with Crippen LogP contribution in [0, 0.1) is 5.92 Å². The van der Waals surface area contributed by atoms with E-state index in [1.807, 2.05) is 6.92 Å². The van der Waals surface area contributed by atoms with Crippen LogP contribution in [0.15, 0.2) is 0 Å². The van der Waals surface area contributed by atoms with Crippen LogP contribution in [0.4, 0.5) is 4.79 Å². The zero-order valence-electron chi connectivity index (χ0n) is 12.2. The molecule has 4 amide bonds. The number of piperazine rings is 1. The van der Waals surface area contributed by atoms with E-state index in [9.17, 15) is 19.2 Å². The number of hydrogen-bond acceptors (Lipinski definition) is 4. The van der Waals surface area contributed by atoms with Crippen LogP contribution in [-0.4, -0.2) is 53.0 Å². The summed E-state index contributed by atoms with van der Waals surface area (Å²) < 4.78 is 0. The number of rotatable bonds is 6. The van der Waals surface area contributed by atoms with Gasteiger partial charge in [-0.15, -0.1) is 0 Å². The first kappa shape index (κ1) is 16.9. The van der Waals surface area contributed by atoms with Gasteiger partial charge in [0.2, 0.25) is 11.8 Å². The number of urea groups is 1. The van der Waals surface area contributed by atoms with Crippen LogP contribution >= 0.6 is 0 Å². The van der Waals surface area contributed by atoms with E-state index in [0.717, 1.165) is 0 Å². The minimum absolute atomic E-state index is 0.000514. The van der Waals surface area contributed by atoms with Crippen molar-refractivity contribution in [2.75, 3.05) is 13.1 Å². The SMILES string of the molecule is CCC1C(=O)NC(=O)CN1C(=O)NCC(C)CCC(=O)O. The highest BCUT2D eigenvalue weighted by Crippen LogP contribution is 2.10. The standard InChI is InChI=1S/C13H21N3O5/c1-3-9-12(20)15-10(17)7-16(9)13(21)14-6-8(2)4-5-11(18)19/h8-9H,3-7H2,1-2H3,(H,14,21)(H,18,19)(H,15,17,20). The van der Waals surface area contributed by atoms with Gasteiger partial charge in [0.1, 0.15) is 12.6 Å². The zero-order chi connectivity index (χ0) is 16.0. The second-order valence-electron chi connectivity index (χ2n) is 5.19. The largest absolute Gasteiger partial charge is 0.481 e. The summed E-state index contributed by atoms with van der Waals surface area (Å²) in [6.45, 7) is 3.73. The van der Waals surface area contributed by atoms with E-state index in [4.69, 9.17) is 5.11 Å². The predicted octanol–water partition coefficient (Wildman–Crippen LogP) is -0.0661. The summed E-state index contributed by atoms with van der Waals surface area (Å²) in [7, 11) is 0. The minimum Gasteiger partial charge on any atom is -0.481 e. The lowest BCUT2D eigenvalue weighted by atomic mass is 10.1. The highest BCUT2D eigenvalue weighted by atomic mass is 16.4. The van der Waals surface area contributed by atoms with E-state index in [1.165, 1.54) is 4.90 Å². The monoisotopic (exact) mass is 299 g/mol. The van der Waals surface area contributed by atoms with Gasteiger partial charge >= 0.3 is 12.0 Å². The number of carbonyl (C=O) groups is 4. The fourth-order valence-electron chi connectivity index (χ4n) is 2.12. The van der Waals surface area contributed by atoms with Gasteiger partial charge in [0.05, 0.1) is 0 Å². The van der Waals surface area contributed by atoms with Crippen LogP contribution < -0.4 is 10.6 Å². The van der Waals surface area contributed by atoms with Gasteiger partial charge in [-0.2, -0.15) is 0 Å². The van der Waals surface area contributed by atoms with Gasteiger partial charge in [-0.05, 0) is 18.8 Å². The van der Waals surface area contributed by atoms with E-state index < -0.39 is 29.9 Å². The van der Waals surface area contributed by atoms with Crippen LogP contribution in [0.3, 0.4) is 0 Å². The highest BCUT2D eigenvalue weighted by Gasteiger charge is 2.35. The number of carboxylic acids is 1. The summed E-state index contributed by atoms with van der Waals surface area (Å²) in [5.74, 6) is -1.85. The van der Waals surface area contributed by atoms with E-state index in [-0.39, 0.29) is 18.9 Å². The topological polar surface area (TPSA) is 116 Å². The molecule has 1 aliphatic rings. The molecule has 0 aromatic carbocycles. The maximum Gasteiger partial charge on any atom is 0.318 e. The number of carbonyl (C=O) groups excluding carboxylic acids is 3. The molecular weight excluding hydrogens is 278 g/mol. The van der Waals surface area contributed by atoms with Gasteiger partial charge in [-0.25, -0.2) is 4.79 Å². The quantitative estimate of drug-likeness (QED) is 0.594. The van der Waals surface area contributed by atoms with Crippen LogP contribution in [0.25, 0.3) is 0 Å². The van der Waals surface area contributed by atoms with E-state index in [2.05, 4.69) is 10.6 Å². The van der Waals surface area contributed by atoms with E-state index in [0.29, 0.717) is 19.4 Å². The van der Waals surface area contributed by atoms with Crippen molar-refractivity contribution in [2.45, 2.75) is 39.2 Å². The molecule has 1 fully saturated rings. The van der Waals surface area contributed by atoms with Crippen LogP contribution in [0.5, 0.6) is 0 Å². The Balaban J connectivity index is 2.51. The van der Waals surface area contributed by atoms with Crippen molar-refractivity contribution in [1.29, 1.82) is 0 Å². The number of nitrogens with one attached hydrogen (secondary N) is 2. The molecule has 0 spiro atoms. The first-order valence-corrected chi connectivity index (χ1v) is 6.95. The van der Waals surface area contributed by atoms with Gasteiger partial charge in [-0.3, -0.25) is 19.7 Å². The molecule has 0 bridgehead atoms. The summed E-state index contributed by atoms with van der Waals surface area (Å²) in [5.41, 5.74) is 0. The first-order chi connectivity index (χ1) is 9.85. The smallest absolute Gasteiger partial charge is 0.318 e. The molecule has 2 atom stereocenters. The summed E-state index contributed by atoms with van der Waals surface area (Å²) in [5, 5.41) is 13.4. The summed E-state index contributed by atoms with van der Waals surface area (Å²) in [4.78, 5) is 46.7. The maximum atomic E-state index is 12.1. The molecule has 1 saturated heterocycles. The number of amides is 4. The third kappa shape index (κ3) is 5.05. The Morgan fingerprint density at radius 1 is 1.48 bits per heavy atom. The molecule has 0 aliphatic carbocycles. The second-order valence-corrected chi connectivity index (χ2v) is 5.19. The van der Waals surface area contributed by atoms with Gasteiger partial charge < -0.3 is 15.3 Å². The Morgan fingerprint density at radius 2 is 2.14 bits per heavy atom. The van der Waals surface area contributed by atoms with Crippen molar-refractivity contribution in [3.8, 4) is 0 Å². The Hall–Kier alpha value is -2.12. The van der Waals surface area contributed by atoms with Crippen molar-refractivity contribution in [3.63, 3.8) is 0 Å². The lowest BCUT2D eigenvalue weighted by molar-refractivity contribution is -0.139. The number of carboxylic acid groups (broad SMARTS) is 1. The molecule has 0 radical (unpaired) electrons. The number of nitrogens with zero attached hydrogens (tertiary/aromatic N) is 1. The van der Waals surface area contributed by atoms with Gasteiger partial charge in [0.15, 0.2) is 0 Å². The summed E-state index contributed by atoms with van der Waals surface area (Å²) in [6.07, 6.45) is 0.909. The fourth-order valence-corrected chi connectivity index (χ4v) is 2.12. The molecule has 8 nitrogen and oxygen atoms in total. The van der Waals surface area contributed by atoms with E-state index >= 15 is 0 Å².